The third-order valence-electron chi connectivity index (χ3n) is 3.85. The molecule has 0 aromatic heterocycles. The average molecular weight is 350 g/mol. The molecule has 0 aliphatic carbocycles. The molecule has 1 aliphatic heterocycles. The Morgan fingerprint density at radius 3 is 2.54 bits per heavy atom. The maximum Gasteiger partial charge on any atom is 0.210 e. The van der Waals surface area contributed by atoms with Crippen LogP contribution in [-0.2, 0) is 10.0 Å². The van der Waals surface area contributed by atoms with Crippen molar-refractivity contribution in [2.45, 2.75) is 19.8 Å². The number of hydrogen-bond acceptors (Lipinski definition) is 3. The molecule has 1 aromatic rings. The second kappa shape index (κ2) is 8.84. The van der Waals surface area contributed by atoms with Gasteiger partial charge in [-0.05, 0) is 25.3 Å². The predicted octanol–water partition coefficient (Wildman–Crippen LogP) is 1.42. The fourth-order valence-corrected chi connectivity index (χ4v) is 2.99. The third kappa shape index (κ3) is 6.33. The standard InChI is InChI=1S/C17H26N4O2S/c1-2-19-17(20-10-13-24(18,22)23)21-11-8-16(9-12-21)14-15-6-4-3-5-7-15/h3-7,14H,2,8-13H2,1H3,(H,19,20)(H2,18,22,23). The van der Waals surface area contributed by atoms with E-state index in [-0.39, 0.29) is 12.3 Å². The van der Waals surface area contributed by atoms with Gasteiger partial charge in [-0.1, -0.05) is 42.0 Å². The molecule has 7 heteroatoms. The first-order chi connectivity index (χ1) is 11.5. The highest BCUT2D eigenvalue weighted by molar-refractivity contribution is 7.89. The van der Waals surface area contributed by atoms with Crippen LogP contribution in [0.1, 0.15) is 25.3 Å². The Bertz CT molecular complexity index is 674. The van der Waals surface area contributed by atoms with Crippen molar-refractivity contribution in [3.8, 4) is 0 Å². The van der Waals surface area contributed by atoms with Crippen molar-refractivity contribution in [2.75, 3.05) is 31.9 Å². The first-order valence-electron chi connectivity index (χ1n) is 8.26. The van der Waals surface area contributed by atoms with Gasteiger partial charge in [-0.2, -0.15) is 0 Å². The van der Waals surface area contributed by atoms with Gasteiger partial charge < -0.3 is 10.2 Å². The Balaban J connectivity index is 1.94. The zero-order valence-corrected chi connectivity index (χ0v) is 14.9. The summed E-state index contributed by atoms with van der Waals surface area (Å²) in [5, 5.41) is 8.25. The number of hydrogen-bond donors (Lipinski definition) is 2. The summed E-state index contributed by atoms with van der Waals surface area (Å²) >= 11 is 0. The van der Waals surface area contributed by atoms with Crippen LogP contribution >= 0.6 is 0 Å². The summed E-state index contributed by atoms with van der Waals surface area (Å²) in [5.41, 5.74) is 2.66. The van der Waals surface area contributed by atoms with Gasteiger partial charge in [-0.15, -0.1) is 0 Å². The minimum atomic E-state index is -3.47. The van der Waals surface area contributed by atoms with Crippen molar-refractivity contribution in [1.82, 2.24) is 10.2 Å². The van der Waals surface area contributed by atoms with Gasteiger partial charge in [0.25, 0.3) is 0 Å². The molecule has 0 unspecified atom stereocenters. The molecule has 1 fully saturated rings. The van der Waals surface area contributed by atoms with Crippen molar-refractivity contribution in [2.24, 2.45) is 10.1 Å². The molecule has 1 aliphatic rings. The Morgan fingerprint density at radius 1 is 1.29 bits per heavy atom. The van der Waals surface area contributed by atoms with Gasteiger partial charge in [0.15, 0.2) is 5.96 Å². The minimum absolute atomic E-state index is 0.130. The van der Waals surface area contributed by atoms with Gasteiger partial charge in [0.2, 0.25) is 10.0 Å². The maximum absolute atomic E-state index is 11.0. The fourth-order valence-electron chi connectivity index (χ4n) is 2.64. The molecular weight excluding hydrogens is 324 g/mol. The molecule has 24 heavy (non-hydrogen) atoms. The van der Waals surface area contributed by atoms with Crippen molar-refractivity contribution in [1.29, 1.82) is 0 Å². The first-order valence-corrected chi connectivity index (χ1v) is 9.97. The first kappa shape index (κ1) is 18.5. The molecule has 0 atom stereocenters. The third-order valence-corrected chi connectivity index (χ3v) is 4.60. The Hall–Kier alpha value is -1.86. The molecule has 6 nitrogen and oxygen atoms in total. The number of nitrogens with one attached hydrogen (secondary N) is 1. The van der Waals surface area contributed by atoms with Crippen LogP contribution in [0.25, 0.3) is 6.08 Å². The minimum Gasteiger partial charge on any atom is -0.357 e. The monoisotopic (exact) mass is 350 g/mol. The van der Waals surface area contributed by atoms with Gasteiger partial charge in [0.1, 0.15) is 0 Å². The van der Waals surface area contributed by atoms with Crippen molar-refractivity contribution < 1.29 is 8.42 Å². The number of nitrogens with two attached hydrogens (primary N) is 1. The molecule has 1 saturated heterocycles. The lowest BCUT2D eigenvalue weighted by Crippen LogP contribution is -2.44. The van der Waals surface area contributed by atoms with E-state index >= 15 is 0 Å². The van der Waals surface area contributed by atoms with Crippen molar-refractivity contribution in [3.05, 3.63) is 41.5 Å². The Kier molecular flexibility index (Phi) is 6.81. The summed E-state index contributed by atoms with van der Waals surface area (Å²) in [5.74, 6) is 0.634. The number of rotatable bonds is 5. The second-order valence-corrected chi connectivity index (χ2v) is 7.54. The highest BCUT2D eigenvalue weighted by Gasteiger charge is 2.17. The number of benzene rings is 1. The average Bonchev–Trinajstić information content (AvgIpc) is 2.55. The summed E-state index contributed by atoms with van der Waals surface area (Å²) in [4.78, 5) is 6.56. The van der Waals surface area contributed by atoms with Crippen molar-refractivity contribution in [3.63, 3.8) is 0 Å². The van der Waals surface area contributed by atoms with Crippen LogP contribution in [0, 0.1) is 0 Å². The molecule has 1 heterocycles. The lowest BCUT2D eigenvalue weighted by atomic mass is 10.0. The number of likely N-dealkylation sites (tertiary alicyclic amines) is 1. The Morgan fingerprint density at radius 2 is 1.96 bits per heavy atom. The zero-order valence-electron chi connectivity index (χ0n) is 14.1. The molecule has 0 saturated carbocycles. The van der Waals surface area contributed by atoms with Crippen LogP contribution in [0.3, 0.4) is 0 Å². The fraction of sp³-hybridized carbons (Fsp3) is 0.471. The molecule has 2 rings (SSSR count). The molecule has 0 bridgehead atoms. The SMILES string of the molecule is CCNC(=NCCS(N)(=O)=O)N1CCC(=Cc2ccccc2)CC1. The predicted molar refractivity (Wildman–Crippen MR) is 99.2 cm³/mol. The summed E-state index contributed by atoms with van der Waals surface area (Å²) in [6.45, 7) is 4.68. The molecule has 0 spiro atoms. The molecule has 132 valence electrons. The van der Waals surface area contributed by atoms with Crippen LogP contribution in [0.4, 0.5) is 0 Å². The van der Waals surface area contributed by atoms with Gasteiger partial charge in [0.05, 0.1) is 12.3 Å². The van der Waals surface area contributed by atoms with E-state index in [2.05, 4.69) is 33.4 Å². The van der Waals surface area contributed by atoms with Crippen LogP contribution < -0.4 is 10.5 Å². The molecule has 3 N–H and O–H groups in total. The summed E-state index contributed by atoms with van der Waals surface area (Å²) in [6.07, 6.45) is 4.21. The topological polar surface area (TPSA) is 87.8 Å². The van der Waals surface area contributed by atoms with E-state index < -0.39 is 10.0 Å². The highest BCUT2D eigenvalue weighted by atomic mass is 32.2. The number of sulfonamides is 1. The lowest BCUT2D eigenvalue weighted by molar-refractivity contribution is 0.376. The number of primary sulfonamides is 1. The van der Waals surface area contributed by atoms with Gasteiger partial charge >= 0.3 is 0 Å². The Labute approximate surface area is 144 Å². The number of aliphatic imine (C=N–C) groups is 1. The molecule has 0 amide bonds. The normalized spacial score (nSPS) is 16.2. The van der Waals surface area contributed by atoms with Crippen molar-refractivity contribution >= 4 is 22.1 Å². The molecule has 1 aromatic carbocycles. The quantitative estimate of drug-likeness (QED) is 0.621. The zero-order chi connectivity index (χ0) is 17.4. The molecule has 0 radical (unpaired) electrons. The lowest BCUT2D eigenvalue weighted by Gasteiger charge is -2.31. The summed E-state index contributed by atoms with van der Waals surface area (Å²) in [7, 11) is -3.47. The van der Waals surface area contributed by atoms with E-state index in [1.807, 2.05) is 25.1 Å². The molecular formula is C17H26N4O2S. The van der Waals surface area contributed by atoms with Crippen LogP contribution in [0.5, 0.6) is 0 Å². The largest absolute Gasteiger partial charge is 0.357 e. The van der Waals surface area contributed by atoms with E-state index in [0.717, 1.165) is 38.4 Å². The van der Waals surface area contributed by atoms with Crippen LogP contribution in [0.15, 0.2) is 40.9 Å². The number of guanidine groups is 1. The van der Waals surface area contributed by atoms with E-state index in [4.69, 9.17) is 5.14 Å². The number of piperidine rings is 1. The van der Waals surface area contributed by atoms with Gasteiger partial charge in [-0.3, -0.25) is 4.99 Å². The van der Waals surface area contributed by atoms with Crippen LogP contribution in [0.2, 0.25) is 0 Å². The van der Waals surface area contributed by atoms with Gasteiger partial charge in [-0.25, -0.2) is 13.6 Å². The van der Waals surface area contributed by atoms with E-state index in [0.29, 0.717) is 0 Å². The van der Waals surface area contributed by atoms with E-state index in [9.17, 15) is 8.42 Å². The van der Waals surface area contributed by atoms with E-state index in [1.165, 1.54) is 11.1 Å². The number of nitrogens with zero attached hydrogens (tertiary/aromatic N) is 2. The second-order valence-electron chi connectivity index (χ2n) is 5.80. The maximum atomic E-state index is 11.0. The summed E-state index contributed by atoms with van der Waals surface area (Å²) < 4.78 is 22.1. The highest BCUT2D eigenvalue weighted by Crippen LogP contribution is 2.19. The van der Waals surface area contributed by atoms with E-state index in [1.54, 1.807) is 0 Å². The smallest absolute Gasteiger partial charge is 0.210 e. The van der Waals surface area contributed by atoms with Gasteiger partial charge in [0, 0.05) is 19.6 Å². The summed E-state index contributed by atoms with van der Waals surface area (Å²) in [6, 6.07) is 10.3. The van der Waals surface area contributed by atoms with Crippen LogP contribution in [-0.4, -0.2) is 51.2 Å².